The topological polar surface area (TPSA) is 84.9 Å². The first-order valence-corrected chi connectivity index (χ1v) is 6.26. The van der Waals surface area contributed by atoms with Crippen LogP contribution in [0.2, 0.25) is 0 Å². The zero-order valence-electron chi connectivity index (χ0n) is 11.6. The van der Waals surface area contributed by atoms with Crippen LogP contribution >= 0.6 is 0 Å². The number of carbonyl (C=O) groups is 2. The number of rotatable bonds is 8. The van der Waals surface area contributed by atoms with Crippen LogP contribution in [0.15, 0.2) is 18.2 Å². The number of methoxy groups -OCH3 is 2. The van der Waals surface area contributed by atoms with Gasteiger partial charge in [-0.3, -0.25) is 9.59 Å². The fourth-order valence-corrected chi connectivity index (χ4v) is 1.70. The maximum Gasteiger partial charge on any atom is 0.303 e. The van der Waals surface area contributed by atoms with Crippen molar-refractivity contribution in [2.24, 2.45) is 0 Å². The number of carboxylic acid groups (broad SMARTS) is 1. The fourth-order valence-electron chi connectivity index (χ4n) is 1.70. The molecule has 6 heteroatoms. The predicted molar refractivity (Wildman–Crippen MR) is 72.9 cm³/mol. The summed E-state index contributed by atoms with van der Waals surface area (Å²) in [6.07, 6.45) is 0.519. The molecule has 0 aliphatic heterocycles. The molecule has 1 amide bonds. The highest BCUT2D eigenvalue weighted by molar-refractivity contribution is 5.76. The highest BCUT2D eigenvalue weighted by Gasteiger charge is 2.08. The Kier molecular flexibility index (Phi) is 6.36. The molecule has 1 aromatic rings. The molecule has 110 valence electrons. The third-order valence-electron chi connectivity index (χ3n) is 2.76. The summed E-state index contributed by atoms with van der Waals surface area (Å²) >= 11 is 0. The number of ether oxygens (including phenoxy) is 2. The number of hydrogen-bond acceptors (Lipinski definition) is 4. The van der Waals surface area contributed by atoms with Gasteiger partial charge in [-0.15, -0.1) is 0 Å². The summed E-state index contributed by atoms with van der Waals surface area (Å²) in [7, 11) is 3.12. The molecule has 0 atom stereocenters. The van der Waals surface area contributed by atoms with Crippen molar-refractivity contribution < 1.29 is 24.2 Å². The molecule has 2 N–H and O–H groups in total. The molecule has 0 heterocycles. The largest absolute Gasteiger partial charge is 0.497 e. The van der Waals surface area contributed by atoms with Crippen LogP contribution < -0.4 is 14.8 Å². The van der Waals surface area contributed by atoms with Crippen molar-refractivity contribution in [3.05, 3.63) is 23.8 Å². The molecule has 0 fully saturated rings. The molecule has 0 aromatic heterocycles. The Balaban J connectivity index is 2.51. The second-order valence-corrected chi connectivity index (χ2v) is 4.20. The first kappa shape index (κ1) is 15.8. The summed E-state index contributed by atoms with van der Waals surface area (Å²) in [5.74, 6) is 0.265. The van der Waals surface area contributed by atoms with E-state index in [4.69, 9.17) is 14.6 Å². The van der Waals surface area contributed by atoms with Gasteiger partial charge in [-0.2, -0.15) is 0 Å². The first-order valence-electron chi connectivity index (χ1n) is 6.26. The van der Waals surface area contributed by atoms with Gasteiger partial charge in [0.2, 0.25) is 5.91 Å². The lowest BCUT2D eigenvalue weighted by Gasteiger charge is -2.11. The average molecular weight is 281 g/mol. The molecule has 0 bridgehead atoms. The van der Waals surface area contributed by atoms with E-state index in [2.05, 4.69) is 5.32 Å². The molecule has 0 radical (unpaired) electrons. The molecular weight excluding hydrogens is 262 g/mol. The number of aliphatic carboxylic acids is 1. The Morgan fingerprint density at radius 2 is 1.95 bits per heavy atom. The molecule has 0 aliphatic carbocycles. The van der Waals surface area contributed by atoms with E-state index in [1.54, 1.807) is 32.4 Å². The van der Waals surface area contributed by atoms with Crippen molar-refractivity contribution in [1.29, 1.82) is 0 Å². The first-order chi connectivity index (χ1) is 9.56. The van der Waals surface area contributed by atoms with Crippen molar-refractivity contribution in [3.8, 4) is 11.5 Å². The third kappa shape index (κ3) is 5.17. The quantitative estimate of drug-likeness (QED) is 0.755. The summed E-state index contributed by atoms with van der Waals surface area (Å²) < 4.78 is 10.3. The predicted octanol–water partition coefficient (Wildman–Crippen LogP) is 1.57. The molecule has 1 aromatic carbocycles. The van der Waals surface area contributed by atoms with Gasteiger partial charge in [0.1, 0.15) is 11.5 Å². The highest BCUT2D eigenvalue weighted by Crippen LogP contribution is 2.23. The van der Waals surface area contributed by atoms with Crippen molar-refractivity contribution >= 4 is 11.9 Å². The SMILES string of the molecule is COc1ccc(OC)c(CNC(=O)CCCC(=O)O)c1. The van der Waals surface area contributed by atoms with Gasteiger partial charge in [0.25, 0.3) is 0 Å². The summed E-state index contributed by atoms with van der Waals surface area (Å²) in [6.45, 7) is 0.312. The molecule has 0 unspecified atom stereocenters. The van der Waals surface area contributed by atoms with Gasteiger partial charge in [-0.05, 0) is 24.6 Å². The van der Waals surface area contributed by atoms with E-state index in [1.807, 2.05) is 0 Å². The normalized spacial score (nSPS) is 9.90. The van der Waals surface area contributed by atoms with Crippen molar-refractivity contribution in [2.45, 2.75) is 25.8 Å². The van der Waals surface area contributed by atoms with Crippen LogP contribution in [0.5, 0.6) is 11.5 Å². The fraction of sp³-hybridized carbons (Fsp3) is 0.429. The Morgan fingerprint density at radius 3 is 2.55 bits per heavy atom. The lowest BCUT2D eigenvalue weighted by Crippen LogP contribution is -2.22. The second-order valence-electron chi connectivity index (χ2n) is 4.20. The summed E-state index contributed by atoms with van der Waals surface area (Å²) in [5, 5.41) is 11.2. The minimum Gasteiger partial charge on any atom is -0.497 e. The minimum atomic E-state index is -0.896. The maximum atomic E-state index is 11.6. The van der Waals surface area contributed by atoms with Crippen molar-refractivity contribution in [3.63, 3.8) is 0 Å². The monoisotopic (exact) mass is 281 g/mol. The number of carboxylic acids is 1. The molecule has 1 rings (SSSR count). The standard InChI is InChI=1S/C14H19NO5/c1-19-11-6-7-12(20-2)10(8-11)9-15-13(16)4-3-5-14(17)18/h6-8H,3-5,9H2,1-2H3,(H,15,16)(H,17,18). The van der Waals surface area contributed by atoms with Gasteiger partial charge >= 0.3 is 5.97 Å². The highest BCUT2D eigenvalue weighted by atomic mass is 16.5. The number of hydrogen-bond donors (Lipinski definition) is 2. The van der Waals surface area contributed by atoms with E-state index in [0.717, 1.165) is 5.56 Å². The van der Waals surface area contributed by atoms with Crippen LogP contribution in [0.1, 0.15) is 24.8 Å². The summed E-state index contributed by atoms with van der Waals surface area (Å²) in [6, 6.07) is 5.33. The summed E-state index contributed by atoms with van der Waals surface area (Å²) in [4.78, 5) is 21.9. The lowest BCUT2D eigenvalue weighted by atomic mass is 10.1. The van der Waals surface area contributed by atoms with Crippen LogP contribution in [0.3, 0.4) is 0 Å². The lowest BCUT2D eigenvalue weighted by molar-refractivity contribution is -0.137. The van der Waals surface area contributed by atoms with E-state index in [-0.39, 0.29) is 18.7 Å². The van der Waals surface area contributed by atoms with E-state index in [9.17, 15) is 9.59 Å². The van der Waals surface area contributed by atoms with Gasteiger partial charge in [0.15, 0.2) is 0 Å². The number of nitrogens with one attached hydrogen (secondary N) is 1. The molecule has 0 saturated carbocycles. The van der Waals surface area contributed by atoms with E-state index in [1.165, 1.54) is 0 Å². The minimum absolute atomic E-state index is 0.00407. The Labute approximate surface area is 117 Å². The molecule has 0 saturated heterocycles. The molecule has 0 spiro atoms. The van der Waals surface area contributed by atoms with Crippen LogP contribution in [0.25, 0.3) is 0 Å². The van der Waals surface area contributed by atoms with Gasteiger partial charge < -0.3 is 19.9 Å². The molecule has 0 aliphatic rings. The van der Waals surface area contributed by atoms with Crippen LogP contribution in [0, 0.1) is 0 Å². The van der Waals surface area contributed by atoms with Crippen LogP contribution in [-0.4, -0.2) is 31.2 Å². The Hall–Kier alpha value is -2.24. The van der Waals surface area contributed by atoms with E-state index >= 15 is 0 Å². The van der Waals surface area contributed by atoms with Gasteiger partial charge in [0, 0.05) is 24.9 Å². The number of benzene rings is 1. The summed E-state index contributed by atoms with van der Waals surface area (Å²) in [5.41, 5.74) is 0.804. The van der Waals surface area contributed by atoms with Crippen molar-refractivity contribution in [2.75, 3.05) is 14.2 Å². The van der Waals surface area contributed by atoms with Gasteiger partial charge in [0.05, 0.1) is 14.2 Å². The average Bonchev–Trinajstić information content (AvgIpc) is 2.44. The molecular formula is C14H19NO5. The zero-order valence-corrected chi connectivity index (χ0v) is 11.6. The number of carbonyl (C=O) groups excluding carboxylic acids is 1. The van der Waals surface area contributed by atoms with E-state index in [0.29, 0.717) is 24.5 Å². The van der Waals surface area contributed by atoms with Gasteiger partial charge in [-0.25, -0.2) is 0 Å². The number of amides is 1. The van der Waals surface area contributed by atoms with Crippen LogP contribution in [-0.2, 0) is 16.1 Å². The Bertz CT molecular complexity index is 473. The van der Waals surface area contributed by atoms with Gasteiger partial charge in [-0.1, -0.05) is 0 Å². The maximum absolute atomic E-state index is 11.6. The third-order valence-corrected chi connectivity index (χ3v) is 2.76. The van der Waals surface area contributed by atoms with E-state index < -0.39 is 5.97 Å². The van der Waals surface area contributed by atoms with Crippen LogP contribution in [0.4, 0.5) is 0 Å². The smallest absolute Gasteiger partial charge is 0.303 e. The Morgan fingerprint density at radius 1 is 1.20 bits per heavy atom. The molecule has 20 heavy (non-hydrogen) atoms. The second kappa shape index (κ2) is 8.04. The van der Waals surface area contributed by atoms with Crippen molar-refractivity contribution in [1.82, 2.24) is 5.32 Å². The molecule has 6 nitrogen and oxygen atoms in total. The zero-order chi connectivity index (χ0) is 15.0.